The maximum atomic E-state index is 5.35. The van der Waals surface area contributed by atoms with Crippen molar-refractivity contribution in [2.45, 2.75) is 26.0 Å². The van der Waals surface area contributed by atoms with Crippen molar-refractivity contribution < 1.29 is 9.57 Å². The summed E-state index contributed by atoms with van der Waals surface area (Å²) in [6.45, 7) is 3.99. The summed E-state index contributed by atoms with van der Waals surface area (Å²) >= 11 is 0. The average Bonchev–Trinajstić information content (AvgIpc) is 3.06. The zero-order chi connectivity index (χ0) is 14.1. The zero-order valence-electron chi connectivity index (χ0n) is 11.8. The second kappa shape index (κ2) is 5.00. The first-order valence-corrected chi connectivity index (χ1v) is 6.58. The van der Waals surface area contributed by atoms with E-state index in [1.165, 1.54) is 0 Å². The largest absolute Gasteiger partial charge is 0.497 e. The smallest absolute Gasteiger partial charge is 0.150 e. The average molecular weight is 271 g/mol. The SMILES string of the molecule is COc1ccc(-c2nccn2C2C(C)=NOC2C)cc1. The number of hydrogen-bond donors (Lipinski definition) is 0. The molecule has 1 aromatic carbocycles. The summed E-state index contributed by atoms with van der Waals surface area (Å²) in [5.74, 6) is 1.74. The molecule has 5 nitrogen and oxygen atoms in total. The molecule has 3 rings (SSSR count). The van der Waals surface area contributed by atoms with E-state index in [0.717, 1.165) is 22.8 Å². The predicted octanol–water partition coefficient (Wildman–Crippen LogP) is 2.89. The highest BCUT2D eigenvalue weighted by atomic mass is 16.6. The molecule has 2 aromatic rings. The van der Waals surface area contributed by atoms with Crippen molar-refractivity contribution in [1.82, 2.24) is 9.55 Å². The van der Waals surface area contributed by atoms with Crippen molar-refractivity contribution in [2.75, 3.05) is 7.11 Å². The number of imidazole rings is 1. The summed E-state index contributed by atoms with van der Waals surface area (Å²) in [6, 6.07) is 7.97. The Morgan fingerprint density at radius 2 is 2.00 bits per heavy atom. The van der Waals surface area contributed by atoms with Crippen molar-refractivity contribution in [1.29, 1.82) is 0 Å². The van der Waals surface area contributed by atoms with Crippen LogP contribution in [-0.2, 0) is 4.84 Å². The maximum absolute atomic E-state index is 5.35. The van der Waals surface area contributed by atoms with E-state index in [9.17, 15) is 0 Å². The van der Waals surface area contributed by atoms with Crippen molar-refractivity contribution in [3.05, 3.63) is 36.7 Å². The van der Waals surface area contributed by atoms with Gasteiger partial charge in [0.2, 0.25) is 0 Å². The number of rotatable bonds is 3. The fourth-order valence-electron chi connectivity index (χ4n) is 2.55. The van der Waals surface area contributed by atoms with Crippen LogP contribution in [0.5, 0.6) is 5.75 Å². The molecule has 104 valence electrons. The van der Waals surface area contributed by atoms with Crippen LogP contribution in [-0.4, -0.2) is 28.5 Å². The molecule has 2 atom stereocenters. The van der Waals surface area contributed by atoms with Gasteiger partial charge in [0, 0.05) is 18.0 Å². The van der Waals surface area contributed by atoms with Crippen LogP contribution in [0.1, 0.15) is 19.9 Å². The highest BCUT2D eigenvalue weighted by molar-refractivity contribution is 5.87. The highest BCUT2D eigenvalue weighted by Gasteiger charge is 2.31. The van der Waals surface area contributed by atoms with Crippen molar-refractivity contribution in [3.8, 4) is 17.1 Å². The van der Waals surface area contributed by atoms with E-state index in [1.54, 1.807) is 13.3 Å². The van der Waals surface area contributed by atoms with Gasteiger partial charge in [-0.1, -0.05) is 5.16 Å². The van der Waals surface area contributed by atoms with Crippen LogP contribution in [0.3, 0.4) is 0 Å². The van der Waals surface area contributed by atoms with Gasteiger partial charge in [0.25, 0.3) is 0 Å². The Hall–Kier alpha value is -2.30. The Morgan fingerprint density at radius 1 is 1.25 bits per heavy atom. The minimum absolute atomic E-state index is 0.0150. The molecule has 0 bridgehead atoms. The molecule has 20 heavy (non-hydrogen) atoms. The number of ether oxygens (including phenoxy) is 1. The molecule has 0 saturated carbocycles. The lowest BCUT2D eigenvalue weighted by Gasteiger charge is -2.18. The molecule has 0 radical (unpaired) electrons. The number of nitrogens with zero attached hydrogens (tertiary/aromatic N) is 3. The van der Waals surface area contributed by atoms with E-state index >= 15 is 0 Å². The molecule has 1 aliphatic heterocycles. The van der Waals surface area contributed by atoms with Crippen molar-refractivity contribution in [2.24, 2.45) is 5.16 Å². The first kappa shape index (κ1) is 12.7. The van der Waals surface area contributed by atoms with Gasteiger partial charge in [-0.05, 0) is 38.1 Å². The Bertz CT molecular complexity index is 631. The molecule has 0 spiro atoms. The molecule has 1 aromatic heterocycles. The molecular formula is C15H17N3O2. The summed E-state index contributed by atoms with van der Waals surface area (Å²) in [7, 11) is 1.66. The minimum atomic E-state index is 0.0150. The summed E-state index contributed by atoms with van der Waals surface area (Å²) < 4.78 is 7.29. The van der Waals surface area contributed by atoms with Gasteiger partial charge in [0.1, 0.15) is 17.6 Å². The topological polar surface area (TPSA) is 48.6 Å². The third-order valence-electron chi connectivity index (χ3n) is 3.55. The molecule has 0 aliphatic carbocycles. The van der Waals surface area contributed by atoms with E-state index in [-0.39, 0.29) is 12.1 Å². The van der Waals surface area contributed by atoms with E-state index in [2.05, 4.69) is 14.7 Å². The Balaban J connectivity index is 1.99. The number of oxime groups is 1. The summed E-state index contributed by atoms with van der Waals surface area (Å²) in [5.41, 5.74) is 2.01. The second-order valence-corrected chi connectivity index (χ2v) is 4.87. The molecule has 2 unspecified atom stereocenters. The third kappa shape index (κ3) is 2.05. The predicted molar refractivity (Wildman–Crippen MR) is 76.9 cm³/mol. The summed E-state index contributed by atoms with van der Waals surface area (Å²) in [5, 5.41) is 4.06. The second-order valence-electron chi connectivity index (χ2n) is 4.87. The van der Waals surface area contributed by atoms with Crippen LogP contribution < -0.4 is 4.74 Å². The normalized spacial score (nSPS) is 21.4. The van der Waals surface area contributed by atoms with Crippen molar-refractivity contribution >= 4 is 5.71 Å². The molecule has 1 aliphatic rings. The van der Waals surface area contributed by atoms with E-state index in [0.29, 0.717) is 0 Å². The van der Waals surface area contributed by atoms with Crippen LogP contribution >= 0.6 is 0 Å². The van der Waals surface area contributed by atoms with Crippen LogP contribution in [0.2, 0.25) is 0 Å². The van der Waals surface area contributed by atoms with Gasteiger partial charge in [0.15, 0.2) is 6.10 Å². The van der Waals surface area contributed by atoms with Crippen molar-refractivity contribution in [3.63, 3.8) is 0 Å². The van der Waals surface area contributed by atoms with E-state index in [1.807, 2.05) is 44.3 Å². The lowest BCUT2D eigenvalue weighted by Crippen LogP contribution is -2.23. The van der Waals surface area contributed by atoms with Gasteiger partial charge in [-0.15, -0.1) is 0 Å². The number of aromatic nitrogens is 2. The van der Waals surface area contributed by atoms with Gasteiger partial charge in [-0.3, -0.25) is 0 Å². The van der Waals surface area contributed by atoms with Crippen LogP contribution in [0.25, 0.3) is 11.4 Å². The van der Waals surface area contributed by atoms with Crippen LogP contribution in [0.15, 0.2) is 41.8 Å². The summed E-state index contributed by atoms with van der Waals surface area (Å²) in [6.07, 6.45) is 3.79. The lowest BCUT2D eigenvalue weighted by atomic mass is 10.1. The van der Waals surface area contributed by atoms with E-state index < -0.39 is 0 Å². The first-order chi connectivity index (χ1) is 9.70. The molecule has 0 fully saturated rings. The third-order valence-corrected chi connectivity index (χ3v) is 3.55. The number of hydrogen-bond acceptors (Lipinski definition) is 4. The molecule has 0 amide bonds. The Labute approximate surface area is 117 Å². The Morgan fingerprint density at radius 3 is 2.60 bits per heavy atom. The standard InChI is InChI=1S/C15H17N3O2/c1-10-14(11(2)20-17-10)18-9-8-16-15(18)12-4-6-13(19-3)7-5-12/h4-9,11,14H,1-3H3. The van der Waals surface area contributed by atoms with Crippen LogP contribution in [0.4, 0.5) is 0 Å². The highest BCUT2D eigenvalue weighted by Crippen LogP contribution is 2.29. The molecule has 0 saturated heterocycles. The number of benzene rings is 1. The fraction of sp³-hybridized carbons (Fsp3) is 0.333. The first-order valence-electron chi connectivity index (χ1n) is 6.58. The fourth-order valence-corrected chi connectivity index (χ4v) is 2.55. The van der Waals surface area contributed by atoms with Gasteiger partial charge in [-0.2, -0.15) is 0 Å². The monoisotopic (exact) mass is 271 g/mol. The van der Waals surface area contributed by atoms with Crippen LogP contribution in [0, 0.1) is 0 Å². The zero-order valence-corrected chi connectivity index (χ0v) is 11.8. The Kier molecular flexibility index (Phi) is 3.18. The molecule has 5 heteroatoms. The minimum Gasteiger partial charge on any atom is -0.497 e. The van der Waals surface area contributed by atoms with E-state index in [4.69, 9.17) is 9.57 Å². The molecule has 2 heterocycles. The van der Waals surface area contributed by atoms with Gasteiger partial charge < -0.3 is 14.1 Å². The molecule has 0 N–H and O–H groups in total. The van der Waals surface area contributed by atoms with Gasteiger partial charge in [0.05, 0.1) is 12.8 Å². The number of methoxy groups -OCH3 is 1. The lowest BCUT2D eigenvalue weighted by molar-refractivity contribution is 0.0786. The molecular weight excluding hydrogens is 254 g/mol. The summed E-state index contributed by atoms with van der Waals surface area (Å²) in [4.78, 5) is 9.82. The maximum Gasteiger partial charge on any atom is 0.150 e. The quantitative estimate of drug-likeness (QED) is 0.862. The van der Waals surface area contributed by atoms with Gasteiger partial charge >= 0.3 is 0 Å². The van der Waals surface area contributed by atoms with Gasteiger partial charge in [-0.25, -0.2) is 4.98 Å².